The minimum Gasteiger partial charge on any atom is -0.495 e. The third kappa shape index (κ3) is 4.82. The molecule has 0 unspecified atom stereocenters. The Kier molecular flexibility index (Phi) is 5.05. The van der Waals surface area contributed by atoms with Crippen LogP contribution < -0.4 is 15.4 Å². The molecule has 23 heavy (non-hydrogen) atoms. The maximum Gasteiger partial charge on any atom is 0.274 e. The number of anilines is 2. The van der Waals surface area contributed by atoms with Crippen LogP contribution in [0, 0.1) is 0 Å². The number of rotatable bonds is 4. The van der Waals surface area contributed by atoms with Crippen LogP contribution in [0.3, 0.4) is 0 Å². The first-order chi connectivity index (χ1) is 10.8. The van der Waals surface area contributed by atoms with Crippen molar-refractivity contribution >= 4 is 29.1 Å². The van der Waals surface area contributed by atoms with Gasteiger partial charge in [-0.05, 0) is 45.0 Å². The second-order valence-corrected chi connectivity index (χ2v) is 6.35. The molecule has 0 aliphatic heterocycles. The summed E-state index contributed by atoms with van der Waals surface area (Å²) in [6.07, 6.45) is 1.54. The SMILES string of the molecule is COc1ccc(NC(=O)c2ccnc(NC(C)(C)C)n2)cc1Cl. The van der Waals surface area contributed by atoms with Crippen LogP contribution in [0.15, 0.2) is 30.5 Å². The lowest BCUT2D eigenvalue weighted by Crippen LogP contribution is -2.28. The van der Waals surface area contributed by atoms with Crippen molar-refractivity contribution in [3.8, 4) is 5.75 Å². The lowest BCUT2D eigenvalue weighted by molar-refractivity contribution is 0.102. The third-order valence-electron chi connectivity index (χ3n) is 2.78. The van der Waals surface area contributed by atoms with Gasteiger partial charge in [0, 0.05) is 17.4 Å². The average molecular weight is 335 g/mol. The molecular weight excluding hydrogens is 316 g/mol. The first kappa shape index (κ1) is 17.0. The number of nitrogens with zero attached hydrogens (tertiary/aromatic N) is 2. The van der Waals surface area contributed by atoms with Gasteiger partial charge in [0.05, 0.1) is 12.1 Å². The van der Waals surface area contributed by atoms with Gasteiger partial charge in [-0.3, -0.25) is 4.79 Å². The quantitative estimate of drug-likeness (QED) is 0.893. The number of hydrogen-bond donors (Lipinski definition) is 2. The summed E-state index contributed by atoms with van der Waals surface area (Å²) in [5, 5.41) is 6.29. The summed E-state index contributed by atoms with van der Waals surface area (Å²) in [5.41, 5.74) is 0.627. The Hall–Kier alpha value is -2.34. The highest BCUT2D eigenvalue weighted by Crippen LogP contribution is 2.27. The zero-order valence-electron chi connectivity index (χ0n) is 13.5. The number of hydrogen-bond acceptors (Lipinski definition) is 5. The van der Waals surface area contributed by atoms with Crippen molar-refractivity contribution in [2.24, 2.45) is 0 Å². The number of methoxy groups -OCH3 is 1. The Balaban J connectivity index is 2.14. The standard InChI is InChI=1S/C16H19ClN4O2/c1-16(2,3)21-15-18-8-7-12(20-15)14(22)19-10-5-6-13(23-4)11(17)9-10/h5-9H,1-4H3,(H,19,22)(H,18,20,21). The fraction of sp³-hybridized carbons (Fsp3) is 0.312. The molecule has 1 amide bonds. The fourth-order valence-electron chi connectivity index (χ4n) is 1.82. The van der Waals surface area contributed by atoms with E-state index in [9.17, 15) is 4.79 Å². The molecule has 0 aliphatic carbocycles. The van der Waals surface area contributed by atoms with E-state index in [1.807, 2.05) is 20.8 Å². The van der Waals surface area contributed by atoms with Gasteiger partial charge in [0.15, 0.2) is 0 Å². The first-order valence-corrected chi connectivity index (χ1v) is 7.42. The van der Waals surface area contributed by atoms with Crippen molar-refractivity contribution in [3.05, 3.63) is 41.2 Å². The average Bonchev–Trinajstić information content (AvgIpc) is 2.46. The Morgan fingerprint density at radius 2 is 2.00 bits per heavy atom. The first-order valence-electron chi connectivity index (χ1n) is 7.04. The van der Waals surface area contributed by atoms with Gasteiger partial charge in [-0.2, -0.15) is 0 Å². The van der Waals surface area contributed by atoms with E-state index in [0.29, 0.717) is 22.4 Å². The van der Waals surface area contributed by atoms with Crippen LogP contribution in [0.4, 0.5) is 11.6 Å². The summed E-state index contributed by atoms with van der Waals surface area (Å²) in [6.45, 7) is 5.97. The number of carbonyl (C=O) groups is 1. The van der Waals surface area contributed by atoms with E-state index in [2.05, 4.69) is 20.6 Å². The maximum absolute atomic E-state index is 12.3. The number of amides is 1. The van der Waals surface area contributed by atoms with Crippen molar-refractivity contribution in [1.29, 1.82) is 0 Å². The molecule has 2 aromatic rings. The molecule has 1 aromatic carbocycles. The Morgan fingerprint density at radius 3 is 2.61 bits per heavy atom. The predicted octanol–water partition coefficient (Wildman–Crippen LogP) is 3.60. The second kappa shape index (κ2) is 6.83. The summed E-state index contributed by atoms with van der Waals surface area (Å²) in [7, 11) is 1.53. The number of ether oxygens (including phenoxy) is 1. The number of carbonyl (C=O) groups excluding carboxylic acids is 1. The second-order valence-electron chi connectivity index (χ2n) is 5.94. The summed E-state index contributed by atoms with van der Waals surface area (Å²) < 4.78 is 5.08. The molecule has 0 saturated heterocycles. The molecule has 0 radical (unpaired) electrons. The van der Waals surface area contributed by atoms with Gasteiger partial charge in [-0.1, -0.05) is 11.6 Å². The lowest BCUT2D eigenvalue weighted by Gasteiger charge is -2.20. The van der Waals surface area contributed by atoms with E-state index in [1.165, 1.54) is 13.3 Å². The largest absolute Gasteiger partial charge is 0.495 e. The number of halogens is 1. The van der Waals surface area contributed by atoms with Crippen molar-refractivity contribution in [3.63, 3.8) is 0 Å². The zero-order chi connectivity index (χ0) is 17.0. The molecule has 0 saturated carbocycles. The summed E-state index contributed by atoms with van der Waals surface area (Å²) >= 11 is 6.04. The van der Waals surface area contributed by atoms with Crippen LogP contribution in [0.1, 0.15) is 31.3 Å². The molecule has 0 spiro atoms. The van der Waals surface area contributed by atoms with Crippen LogP contribution in [-0.2, 0) is 0 Å². The molecule has 1 heterocycles. The topological polar surface area (TPSA) is 76.1 Å². The summed E-state index contributed by atoms with van der Waals surface area (Å²) in [5.74, 6) is 0.604. The van der Waals surface area contributed by atoms with Crippen molar-refractivity contribution in [2.75, 3.05) is 17.7 Å². The zero-order valence-corrected chi connectivity index (χ0v) is 14.2. The highest BCUT2D eigenvalue weighted by atomic mass is 35.5. The number of nitrogens with one attached hydrogen (secondary N) is 2. The van der Waals surface area contributed by atoms with E-state index in [4.69, 9.17) is 16.3 Å². The van der Waals surface area contributed by atoms with Gasteiger partial charge >= 0.3 is 0 Å². The molecule has 2 N–H and O–H groups in total. The smallest absolute Gasteiger partial charge is 0.274 e. The molecule has 0 bridgehead atoms. The Bertz CT molecular complexity index is 713. The Labute approximate surface area is 140 Å². The molecule has 1 aromatic heterocycles. The summed E-state index contributed by atoms with van der Waals surface area (Å²) in [4.78, 5) is 20.6. The van der Waals surface area contributed by atoms with Gasteiger partial charge in [-0.25, -0.2) is 9.97 Å². The van der Waals surface area contributed by atoms with Gasteiger partial charge in [0.1, 0.15) is 11.4 Å². The molecular formula is C16H19ClN4O2. The van der Waals surface area contributed by atoms with Crippen LogP contribution >= 0.6 is 11.6 Å². The molecule has 7 heteroatoms. The van der Waals surface area contributed by atoms with Gasteiger partial charge in [0.25, 0.3) is 5.91 Å². The number of aromatic nitrogens is 2. The highest BCUT2D eigenvalue weighted by Gasteiger charge is 2.14. The number of benzene rings is 1. The van der Waals surface area contributed by atoms with Crippen molar-refractivity contribution < 1.29 is 9.53 Å². The lowest BCUT2D eigenvalue weighted by atomic mass is 10.1. The van der Waals surface area contributed by atoms with E-state index in [-0.39, 0.29) is 17.1 Å². The van der Waals surface area contributed by atoms with Crippen molar-refractivity contribution in [1.82, 2.24) is 9.97 Å². The van der Waals surface area contributed by atoms with Gasteiger partial charge < -0.3 is 15.4 Å². The van der Waals surface area contributed by atoms with E-state index in [1.54, 1.807) is 24.3 Å². The van der Waals surface area contributed by atoms with E-state index >= 15 is 0 Å². The predicted molar refractivity (Wildman–Crippen MR) is 91.4 cm³/mol. The molecule has 2 rings (SSSR count). The van der Waals surface area contributed by atoms with E-state index < -0.39 is 0 Å². The van der Waals surface area contributed by atoms with Crippen LogP contribution in [-0.4, -0.2) is 28.5 Å². The maximum atomic E-state index is 12.3. The molecule has 0 atom stereocenters. The normalized spacial score (nSPS) is 11.0. The van der Waals surface area contributed by atoms with Gasteiger partial charge in [0.2, 0.25) is 5.95 Å². The van der Waals surface area contributed by atoms with E-state index in [0.717, 1.165) is 0 Å². The van der Waals surface area contributed by atoms with Crippen molar-refractivity contribution in [2.45, 2.75) is 26.3 Å². The van der Waals surface area contributed by atoms with Crippen LogP contribution in [0.5, 0.6) is 5.75 Å². The summed E-state index contributed by atoms with van der Waals surface area (Å²) in [6, 6.07) is 6.56. The molecule has 122 valence electrons. The molecule has 0 fully saturated rings. The minimum atomic E-state index is -0.342. The fourth-order valence-corrected chi connectivity index (χ4v) is 2.08. The van der Waals surface area contributed by atoms with Gasteiger partial charge in [-0.15, -0.1) is 0 Å². The molecule has 6 nitrogen and oxygen atoms in total. The minimum absolute atomic E-state index is 0.196. The Morgan fingerprint density at radius 1 is 1.26 bits per heavy atom. The van der Waals surface area contributed by atoms with Crippen LogP contribution in [0.25, 0.3) is 0 Å². The third-order valence-corrected chi connectivity index (χ3v) is 3.08. The van der Waals surface area contributed by atoms with Crippen LogP contribution in [0.2, 0.25) is 5.02 Å². The monoisotopic (exact) mass is 334 g/mol. The highest BCUT2D eigenvalue weighted by molar-refractivity contribution is 6.32. The molecule has 0 aliphatic rings.